The minimum atomic E-state index is -0.574. The second kappa shape index (κ2) is 32.1. The van der Waals surface area contributed by atoms with E-state index in [-0.39, 0.29) is 29.8 Å². The van der Waals surface area contributed by atoms with Crippen LogP contribution in [-0.2, 0) is 14.3 Å². The molecule has 1 amide bonds. The normalized spacial score (nSPS) is 20.4. The summed E-state index contributed by atoms with van der Waals surface area (Å²) in [5, 5.41) is 32.5. The molecule has 0 spiro atoms. The van der Waals surface area contributed by atoms with Gasteiger partial charge in [-0.25, -0.2) is 4.79 Å². The summed E-state index contributed by atoms with van der Waals surface area (Å²) >= 11 is 0. The van der Waals surface area contributed by atoms with Crippen LogP contribution in [0.2, 0.25) is 0 Å². The van der Waals surface area contributed by atoms with Crippen LogP contribution in [0.15, 0.2) is 92.3 Å². The third-order valence-corrected chi connectivity index (χ3v) is 17.8. The zero-order valence-corrected chi connectivity index (χ0v) is 55.5. The molecule has 6 aliphatic rings. The minimum Gasteiger partial charge on any atom is -0.460 e. The van der Waals surface area contributed by atoms with E-state index in [9.17, 15) is 24.9 Å². The largest absolute Gasteiger partial charge is 0.460 e. The second-order valence-corrected chi connectivity index (χ2v) is 28.0. The van der Waals surface area contributed by atoms with Crippen molar-refractivity contribution >= 4 is 68.9 Å². The Bertz CT molecular complexity index is 3030. The van der Waals surface area contributed by atoms with Crippen molar-refractivity contribution in [2.45, 2.75) is 199 Å². The first-order valence-corrected chi connectivity index (χ1v) is 32.6. The highest BCUT2D eigenvalue weighted by Gasteiger charge is 2.41. The van der Waals surface area contributed by atoms with Gasteiger partial charge in [-0.2, -0.15) is 0 Å². The van der Waals surface area contributed by atoms with Crippen molar-refractivity contribution in [3.63, 3.8) is 0 Å². The first kappa shape index (κ1) is 70.8. The van der Waals surface area contributed by atoms with Crippen molar-refractivity contribution in [3.05, 3.63) is 92.3 Å². The number of alkyl carbamates (subject to hydrolysis) is 1. The van der Waals surface area contributed by atoms with E-state index in [1.807, 2.05) is 92.6 Å². The maximum Gasteiger partial charge on any atom is 0.407 e. The molecule has 5 aromatic rings. The van der Waals surface area contributed by atoms with Gasteiger partial charge in [-0.1, -0.05) is 0 Å². The van der Waals surface area contributed by atoms with E-state index >= 15 is 0 Å². The number of esters is 1. The molecule has 5 aromatic heterocycles. The van der Waals surface area contributed by atoms with Gasteiger partial charge < -0.3 is 83.3 Å². The van der Waals surface area contributed by atoms with Gasteiger partial charge in [-0.3, -0.25) is 29.7 Å². The number of piperidine rings is 5. The van der Waals surface area contributed by atoms with Crippen LogP contribution in [0.25, 0.3) is 0 Å². The van der Waals surface area contributed by atoms with E-state index in [1.54, 1.807) is 62.0 Å². The zero-order chi connectivity index (χ0) is 66.1. The number of aromatic nitrogens is 5. The molecule has 0 radical (unpaired) electrons. The molecule has 91 heavy (non-hydrogen) atoms. The van der Waals surface area contributed by atoms with Gasteiger partial charge in [0.1, 0.15) is 11.2 Å². The van der Waals surface area contributed by atoms with Gasteiger partial charge in [0.05, 0.1) is 105 Å². The molecular weight excluding hydrogens is 1150 g/mol. The summed E-state index contributed by atoms with van der Waals surface area (Å²) in [7, 11) is 0. The number of amides is 1. The van der Waals surface area contributed by atoms with Gasteiger partial charge in [-0.15, -0.1) is 0 Å². The van der Waals surface area contributed by atoms with Crippen molar-refractivity contribution < 1.29 is 34.4 Å². The highest BCUT2D eigenvalue weighted by molar-refractivity contribution is 5.71. The topological polar surface area (TPSA) is 336 Å². The van der Waals surface area contributed by atoms with Gasteiger partial charge in [0, 0.05) is 108 Å². The van der Waals surface area contributed by atoms with Gasteiger partial charge in [-0.05, 0) is 188 Å². The number of carbonyl (C=O) groups excluding carboxylic acids is 2. The first-order chi connectivity index (χ1) is 43.0. The molecule has 23 heteroatoms. The highest BCUT2D eigenvalue weighted by Crippen LogP contribution is 2.41. The lowest BCUT2D eigenvalue weighted by atomic mass is 9.83. The number of aliphatic hydroxyl groups excluding tert-OH is 1. The summed E-state index contributed by atoms with van der Waals surface area (Å²) in [4.78, 5) is 55.0. The van der Waals surface area contributed by atoms with E-state index in [1.165, 1.54) is 12.8 Å². The first-order valence-electron chi connectivity index (χ1n) is 32.6. The monoisotopic (exact) mass is 1260 g/mol. The molecule has 2 atom stereocenters. The van der Waals surface area contributed by atoms with Crippen molar-refractivity contribution in [1.82, 2.24) is 30.2 Å². The Morgan fingerprint density at radius 1 is 0.538 bits per heavy atom. The SMILES string of the molecule is CC(C)(C)OC(=O)CCC1CCN(c2ccncc2N)CC1.CC(C)(C)OC(=O)NC1CCN(c2ccncc2N)CC1.CC(C)(O)C1CCN(c2ccncc2N)CC1.CC1(O)CCN(c2ccncc2N)CC1.Nc1cnccc1N1C2CCC1CC(O)C2. The number of aliphatic hydroxyl groups is 3. The predicted molar refractivity (Wildman–Crippen MR) is 366 cm³/mol. The molecule has 2 unspecified atom stereocenters. The molecule has 0 saturated carbocycles. The smallest absolute Gasteiger partial charge is 0.407 e. The third kappa shape index (κ3) is 22.0. The van der Waals surface area contributed by atoms with Crippen LogP contribution in [0.3, 0.4) is 0 Å². The number of rotatable bonds is 10. The number of fused-ring (bicyclic) bond motifs is 2. The summed E-state index contributed by atoms with van der Waals surface area (Å²) in [5.74, 6) is 0.877. The van der Waals surface area contributed by atoms with Gasteiger partial charge >= 0.3 is 12.1 Å². The van der Waals surface area contributed by atoms with Crippen LogP contribution >= 0.6 is 0 Å². The summed E-state index contributed by atoms with van der Waals surface area (Å²) in [6.07, 6.45) is 29.8. The summed E-state index contributed by atoms with van der Waals surface area (Å²) < 4.78 is 10.6. The molecule has 23 nitrogen and oxygen atoms in total. The number of nitrogens with zero attached hydrogens (tertiary/aromatic N) is 10. The summed E-state index contributed by atoms with van der Waals surface area (Å²) in [6.45, 7) is 24.2. The van der Waals surface area contributed by atoms with E-state index in [4.69, 9.17) is 38.1 Å². The number of pyridine rings is 5. The lowest BCUT2D eigenvalue weighted by molar-refractivity contribution is -0.155. The van der Waals surface area contributed by atoms with Crippen LogP contribution in [0.5, 0.6) is 0 Å². The Kier molecular flexibility index (Phi) is 25.0. The maximum atomic E-state index is 11.8. The summed E-state index contributed by atoms with van der Waals surface area (Å²) in [5.41, 5.74) is 36.6. The predicted octanol–water partition coefficient (Wildman–Crippen LogP) is 8.98. The van der Waals surface area contributed by atoms with Crippen LogP contribution < -0.4 is 58.5 Å². The molecule has 2 bridgehead atoms. The average Bonchev–Trinajstić information content (AvgIpc) is 1.73. The third-order valence-electron chi connectivity index (χ3n) is 17.8. The lowest BCUT2D eigenvalue weighted by Gasteiger charge is -2.39. The molecule has 11 heterocycles. The van der Waals surface area contributed by atoms with E-state index in [2.05, 4.69) is 54.7 Å². The number of ether oxygens (including phenoxy) is 2. The standard InChI is InChI=1S/C17H27N3O2.C15H24N4O2.C13H21N3O.C12H17N3O.C11H17N3O/c1-17(2,3)22-16(21)5-4-13-7-10-20(11-8-13)15-6-9-19-12-14(15)18;1-15(2,3)21-14(20)18-11-5-8-19(9-6-11)13-4-7-17-10-12(13)16;1-13(2,17)10-4-7-16(8-5-10)12-3-6-15-9-11(12)14;13-11-7-14-4-3-12(11)15-8-1-2-9(15)6-10(16)5-8;1-11(15)3-6-14(7-4-11)10-2-5-13-8-9(10)12/h6,9,12-13H,4-5,7-8,10-11,18H2,1-3H3;4,7,10-11H,5-6,8-9,16H2,1-3H3,(H,18,20);3,6,9-10,17H,4-5,7-8,14H2,1-2H3;3-4,7-10,16H,1-2,5-6,13H2;2,5,8,15H,3-4,6-7,12H2,1H3. The average molecular weight is 1260 g/mol. The molecule has 6 fully saturated rings. The second-order valence-electron chi connectivity index (χ2n) is 28.0. The van der Waals surface area contributed by atoms with Crippen LogP contribution in [-0.4, -0.2) is 151 Å². The summed E-state index contributed by atoms with van der Waals surface area (Å²) in [6, 6.07) is 10.8. The molecule has 0 aromatic carbocycles. The van der Waals surface area contributed by atoms with Crippen molar-refractivity contribution in [1.29, 1.82) is 0 Å². The molecule has 500 valence electrons. The highest BCUT2D eigenvalue weighted by atomic mass is 16.6. The van der Waals surface area contributed by atoms with Crippen LogP contribution in [0.4, 0.5) is 61.7 Å². The Balaban J connectivity index is 0.000000163. The van der Waals surface area contributed by atoms with Gasteiger partial charge in [0.25, 0.3) is 0 Å². The molecule has 0 aliphatic carbocycles. The number of anilines is 10. The number of nitrogen functional groups attached to an aromatic ring is 5. The Labute approximate surface area is 539 Å². The number of carbonyl (C=O) groups is 2. The number of hydrogen-bond donors (Lipinski definition) is 9. The van der Waals surface area contributed by atoms with Crippen molar-refractivity contribution in [2.75, 3.05) is 106 Å². The Hall–Kier alpha value is -7.63. The molecule has 6 aliphatic heterocycles. The van der Waals surface area contributed by atoms with E-state index in [0.717, 1.165) is 168 Å². The minimum absolute atomic E-state index is 0.0895. The number of nitrogens with one attached hydrogen (secondary N) is 1. The quantitative estimate of drug-likeness (QED) is 0.0589. The van der Waals surface area contributed by atoms with Crippen molar-refractivity contribution in [3.8, 4) is 0 Å². The fourth-order valence-corrected chi connectivity index (χ4v) is 12.9. The maximum absolute atomic E-state index is 11.8. The van der Waals surface area contributed by atoms with Gasteiger partial charge in [0.2, 0.25) is 0 Å². The van der Waals surface area contributed by atoms with Crippen LogP contribution in [0.1, 0.15) is 152 Å². The van der Waals surface area contributed by atoms with E-state index < -0.39 is 16.8 Å². The molecule has 11 rings (SSSR count). The molecular formula is C68H106N16O7. The Morgan fingerprint density at radius 2 is 0.890 bits per heavy atom. The molecule has 14 N–H and O–H groups in total. The number of nitrogens with two attached hydrogens (primary N) is 5. The number of hydrogen-bond acceptors (Lipinski definition) is 22. The van der Waals surface area contributed by atoms with Gasteiger partial charge in [0.15, 0.2) is 0 Å². The fourth-order valence-electron chi connectivity index (χ4n) is 12.9. The molecule has 6 saturated heterocycles. The lowest BCUT2D eigenvalue weighted by Crippen LogP contribution is -2.46. The Morgan fingerprint density at radius 3 is 1.25 bits per heavy atom. The fraction of sp³-hybridized carbons (Fsp3) is 0.603. The van der Waals surface area contributed by atoms with Crippen LogP contribution in [0, 0.1) is 11.8 Å². The van der Waals surface area contributed by atoms with Crippen molar-refractivity contribution in [2.24, 2.45) is 11.8 Å². The van der Waals surface area contributed by atoms with E-state index in [0.29, 0.717) is 41.7 Å². The zero-order valence-electron chi connectivity index (χ0n) is 55.5.